The quantitative estimate of drug-likeness (QED) is 0.145. The summed E-state index contributed by atoms with van der Waals surface area (Å²) in [5, 5.41) is 21.4. The summed E-state index contributed by atoms with van der Waals surface area (Å²) in [5.74, 6) is 0.171. The monoisotopic (exact) mass is 539 g/mol. The minimum Gasteiger partial charge on any atom is -0.507 e. The van der Waals surface area contributed by atoms with Crippen molar-refractivity contribution < 1.29 is 14.7 Å². The molecule has 0 heterocycles. The molecule has 0 radical (unpaired) electrons. The molecule has 0 saturated carbocycles. The van der Waals surface area contributed by atoms with Crippen LogP contribution in [-0.4, -0.2) is 56.1 Å². The van der Waals surface area contributed by atoms with Crippen LogP contribution in [-0.2, 0) is 6.42 Å². The van der Waals surface area contributed by atoms with E-state index in [0.717, 1.165) is 5.56 Å². The van der Waals surface area contributed by atoms with Gasteiger partial charge in [0.05, 0.1) is 5.56 Å². The summed E-state index contributed by atoms with van der Waals surface area (Å²) in [5.41, 5.74) is 1.91. The summed E-state index contributed by atoms with van der Waals surface area (Å²) in [4.78, 5) is 28.4. The van der Waals surface area contributed by atoms with Crippen molar-refractivity contribution in [3.05, 3.63) is 65.2 Å². The molecule has 0 atom stereocenters. The molecule has 0 aliphatic heterocycles. The van der Waals surface area contributed by atoms with Gasteiger partial charge in [0.15, 0.2) is 5.96 Å². The molecule has 168 valence electrons. The smallest absolute Gasteiger partial charge is 0.255 e. The van der Waals surface area contributed by atoms with E-state index in [4.69, 9.17) is 0 Å². The summed E-state index contributed by atoms with van der Waals surface area (Å²) in [7, 11) is 1.61. The number of aliphatic imine (C=N–C) groups is 1. The zero-order valence-electron chi connectivity index (χ0n) is 17.8. The minimum absolute atomic E-state index is 0. The number of amides is 2. The molecule has 2 amide bonds. The molecule has 5 N–H and O–H groups in total. The molecule has 0 unspecified atom stereocenters. The number of hydrogen-bond donors (Lipinski definition) is 5. The maximum Gasteiger partial charge on any atom is 0.255 e. The molecule has 0 aromatic heterocycles. The first-order valence-electron chi connectivity index (χ1n) is 9.94. The Kier molecular flexibility index (Phi) is 12.0. The van der Waals surface area contributed by atoms with Gasteiger partial charge in [-0.2, -0.15) is 0 Å². The normalized spacial score (nSPS) is 10.6. The maximum atomic E-state index is 12.1. The van der Waals surface area contributed by atoms with Gasteiger partial charge in [0.25, 0.3) is 11.8 Å². The van der Waals surface area contributed by atoms with Crippen LogP contribution >= 0.6 is 24.0 Å². The van der Waals surface area contributed by atoms with Crippen molar-refractivity contribution in [1.29, 1.82) is 0 Å². The topological polar surface area (TPSA) is 115 Å². The predicted molar refractivity (Wildman–Crippen MR) is 133 cm³/mol. The van der Waals surface area contributed by atoms with Crippen molar-refractivity contribution in [3.8, 4) is 5.75 Å². The average molecular weight is 539 g/mol. The van der Waals surface area contributed by atoms with Gasteiger partial charge in [0.2, 0.25) is 0 Å². The lowest BCUT2D eigenvalue weighted by atomic mass is 10.1. The van der Waals surface area contributed by atoms with Crippen molar-refractivity contribution in [3.63, 3.8) is 0 Å². The summed E-state index contributed by atoms with van der Waals surface area (Å²) < 4.78 is 0. The number of halogens is 1. The molecule has 0 fully saturated rings. The van der Waals surface area contributed by atoms with Crippen LogP contribution in [0.15, 0.2) is 53.5 Å². The van der Waals surface area contributed by atoms with Crippen LogP contribution in [0.2, 0.25) is 0 Å². The first-order chi connectivity index (χ1) is 14.5. The maximum absolute atomic E-state index is 12.1. The van der Waals surface area contributed by atoms with Gasteiger partial charge in [-0.05, 0) is 43.2 Å². The number of hydrogen-bond acceptors (Lipinski definition) is 4. The standard InChI is InChI=1S/C22H29N5O3.HI/c1-3-24-22(26-12-11-16-7-6-8-17(15-16)20(29)23-2)27-14-13-25-21(30)18-9-4-5-10-19(18)28;/h4-10,15,28H,3,11-14H2,1-2H3,(H,23,29)(H,25,30)(H2,24,26,27);1H. The van der Waals surface area contributed by atoms with Gasteiger partial charge in [0.1, 0.15) is 5.75 Å². The number of phenolic OH excluding ortho intramolecular Hbond substituents is 1. The largest absolute Gasteiger partial charge is 0.507 e. The van der Waals surface area contributed by atoms with Crippen molar-refractivity contribution in [2.24, 2.45) is 4.99 Å². The van der Waals surface area contributed by atoms with Gasteiger partial charge >= 0.3 is 0 Å². The lowest BCUT2D eigenvalue weighted by Crippen LogP contribution is -2.41. The number of carbonyl (C=O) groups excluding carboxylic acids is 2. The van der Waals surface area contributed by atoms with Gasteiger partial charge < -0.3 is 26.4 Å². The van der Waals surface area contributed by atoms with E-state index < -0.39 is 0 Å². The number of nitrogens with zero attached hydrogens (tertiary/aromatic N) is 1. The molecule has 2 aromatic carbocycles. The Morgan fingerprint density at radius 2 is 1.71 bits per heavy atom. The second-order valence-electron chi connectivity index (χ2n) is 6.49. The summed E-state index contributed by atoms with van der Waals surface area (Å²) in [6, 6.07) is 13.9. The van der Waals surface area contributed by atoms with E-state index in [1.807, 2.05) is 25.1 Å². The van der Waals surface area contributed by atoms with E-state index in [-0.39, 0.29) is 47.1 Å². The van der Waals surface area contributed by atoms with Gasteiger partial charge in [-0.25, -0.2) is 0 Å². The first-order valence-corrected chi connectivity index (χ1v) is 9.94. The van der Waals surface area contributed by atoms with E-state index >= 15 is 0 Å². The molecule has 0 bridgehead atoms. The lowest BCUT2D eigenvalue weighted by molar-refractivity contribution is 0.0947. The molecule has 0 saturated heterocycles. The lowest BCUT2D eigenvalue weighted by Gasteiger charge is -2.12. The number of rotatable bonds is 9. The highest BCUT2D eigenvalue weighted by molar-refractivity contribution is 14.0. The number of nitrogens with one attached hydrogen (secondary N) is 4. The minimum atomic E-state index is -0.326. The SMILES string of the molecule is CCNC(=NCCc1cccc(C(=O)NC)c1)NCCNC(=O)c1ccccc1O.I. The molecule has 9 heteroatoms. The van der Waals surface area contributed by atoms with Crippen LogP contribution in [0.3, 0.4) is 0 Å². The zero-order valence-corrected chi connectivity index (χ0v) is 20.1. The summed E-state index contributed by atoms with van der Waals surface area (Å²) >= 11 is 0. The van der Waals surface area contributed by atoms with Gasteiger partial charge in [-0.15, -0.1) is 24.0 Å². The second-order valence-corrected chi connectivity index (χ2v) is 6.49. The number of aromatic hydroxyl groups is 1. The Morgan fingerprint density at radius 1 is 0.968 bits per heavy atom. The highest BCUT2D eigenvalue weighted by atomic mass is 127. The van der Waals surface area contributed by atoms with Crippen LogP contribution in [0.25, 0.3) is 0 Å². The fourth-order valence-corrected chi connectivity index (χ4v) is 2.77. The van der Waals surface area contributed by atoms with E-state index in [0.29, 0.717) is 44.1 Å². The van der Waals surface area contributed by atoms with E-state index in [2.05, 4.69) is 26.3 Å². The third kappa shape index (κ3) is 8.83. The van der Waals surface area contributed by atoms with E-state index in [1.165, 1.54) is 6.07 Å². The van der Waals surface area contributed by atoms with Gasteiger partial charge in [0, 0.05) is 38.8 Å². The molecule has 31 heavy (non-hydrogen) atoms. The first kappa shape index (κ1) is 26.2. The second kappa shape index (κ2) is 14.2. The fraction of sp³-hybridized carbons (Fsp3) is 0.318. The number of guanidine groups is 1. The molecule has 0 aliphatic rings. The molecule has 0 spiro atoms. The average Bonchev–Trinajstić information content (AvgIpc) is 2.76. The summed E-state index contributed by atoms with van der Waals surface area (Å²) in [6.45, 7) is 4.10. The molecular weight excluding hydrogens is 509 g/mol. The Morgan fingerprint density at radius 3 is 2.42 bits per heavy atom. The van der Waals surface area contributed by atoms with Crippen LogP contribution in [0.5, 0.6) is 5.75 Å². The zero-order chi connectivity index (χ0) is 21.8. The predicted octanol–water partition coefficient (Wildman–Crippen LogP) is 1.90. The highest BCUT2D eigenvalue weighted by Crippen LogP contribution is 2.14. The third-order valence-electron chi connectivity index (χ3n) is 4.28. The van der Waals surface area contributed by atoms with Crippen LogP contribution < -0.4 is 21.3 Å². The van der Waals surface area contributed by atoms with Crippen molar-refractivity contribution >= 4 is 41.8 Å². The van der Waals surface area contributed by atoms with Crippen molar-refractivity contribution in [1.82, 2.24) is 21.3 Å². The molecular formula is C22H30IN5O3. The van der Waals surface area contributed by atoms with E-state index in [9.17, 15) is 14.7 Å². The van der Waals surface area contributed by atoms with Crippen LogP contribution in [0.4, 0.5) is 0 Å². The Balaban J connectivity index is 0.00000480. The number of phenols is 1. The highest BCUT2D eigenvalue weighted by Gasteiger charge is 2.09. The molecule has 0 aliphatic carbocycles. The third-order valence-corrected chi connectivity index (χ3v) is 4.28. The van der Waals surface area contributed by atoms with Crippen LogP contribution in [0.1, 0.15) is 33.2 Å². The molecule has 8 nitrogen and oxygen atoms in total. The van der Waals surface area contributed by atoms with Gasteiger partial charge in [-0.1, -0.05) is 24.3 Å². The van der Waals surface area contributed by atoms with E-state index in [1.54, 1.807) is 31.3 Å². The Hall–Kier alpha value is -2.82. The molecule has 2 rings (SSSR count). The van der Waals surface area contributed by atoms with Crippen LogP contribution in [0, 0.1) is 0 Å². The number of carbonyl (C=O) groups is 2. The molecule has 2 aromatic rings. The van der Waals surface area contributed by atoms with Crippen molar-refractivity contribution in [2.45, 2.75) is 13.3 Å². The summed E-state index contributed by atoms with van der Waals surface area (Å²) in [6.07, 6.45) is 0.700. The number of para-hydroxylation sites is 1. The Bertz CT molecular complexity index is 889. The fourth-order valence-electron chi connectivity index (χ4n) is 2.77. The number of benzene rings is 2. The van der Waals surface area contributed by atoms with Crippen molar-refractivity contribution in [2.75, 3.05) is 33.2 Å². The van der Waals surface area contributed by atoms with Gasteiger partial charge in [-0.3, -0.25) is 14.6 Å². The Labute approximate surface area is 199 Å².